The molecule has 1 saturated carbocycles. The van der Waals surface area contributed by atoms with Gasteiger partial charge in [0.1, 0.15) is 0 Å². The summed E-state index contributed by atoms with van der Waals surface area (Å²) < 4.78 is 0. The van der Waals surface area contributed by atoms with E-state index in [9.17, 15) is 0 Å². The van der Waals surface area contributed by atoms with E-state index in [4.69, 9.17) is 4.98 Å². The first-order valence-electron chi connectivity index (χ1n) is 7.18. The van der Waals surface area contributed by atoms with Gasteiger partial charge in [-0.1, -0.05) is 6.42 Å². The fourth-order valence-corrected chi connectivity index (χ4v) is 3.66. The molecule has 1 aromatic rings. The molecule has 0 aromatic carbocycles. The molecule has 18 heavy (non-hydrogen) atoms. The molecule has 0 bridgehead atoms. The predicted octanol–water partition coefficient (Wildman–Crippen LogP) is 2.87. The second kappa shape index (κ2) is 5.17. The Kier molecular flexibility index (Phi) is 3.57. The molecule has 3 nitrogen and oxygen atoms in total. The molecule has 2 heterocycles. The Morgan fingerprint density at radius 1 is 1.28 bits per heavy atom. The Bertz CT molecular complexity index is 386. The fourth-order valence-electron chi connectivity index (χ4n) is 2.67. The Morgan fingerprint density at radius 3 is 2.67 bits per heavy atom. The van der Waals surface area contributed by atoms with Crippen LogP contribution in [0.15, 0.2) is 0 Å². The molecule has 0 radical (unpaired) electrons. The van der Waals surface area contributed by atoms with Crippen molar-refractivity contribution in [3.8, 4) is 0 Å². The van der Waals surface area contributed by atoms with Gasteiger partial charge in [0.05, 0.1) is 5.69 Å². The van der Waals surface area contributed by atoms with Gasteiger partial charge in [0, 0.05) is 23.5 Å². The summed E-state index contributed by atoms with van der Waals surface area (Å²) in [7, 11) is 0. The third-order valence-electron chi connectivity index (χ3n) is 4.08. The van der Waals surface area contributed by atoms with Gasteiger partial charge >= 0.3 is 0 Å². The highest BCUT2D eigenvalue weighted by Gasteiger charge is 2.32. The van der Waals surface area contributed by atoms with Crippen LogP contribution < -0.4 is 10.2 Å². The van der Waals surface area contributed by atoms with Gasteiger partial charge in [0.15, 0.2) is 5.13 Å². The Morgan fingerprint density at radius 2 is 2.11 bits per heavy atom. The predicted molar refractivity (Wildman–Crippen MR) is 77.6 cm³/mol. The van der Waals surface area contributed by atoms with Gasteiger partial charge < -0.3 is 10.2 Å². The number of nitrogens with one attached hydrogen (secondary N) is 1. The molecule has 2 aliphatic rings. The van der Waals surface area contributed by atoms with Crippen LogP contribution in [-0.2, 0) is 0 Å². The molecule has 1 aliphatic heterocycles. The summed E-state index contributed by atoms with van der Waals surface area (Å²) >= 11 is 1.87. The summed E-state index contributed by atoms with van der Waals surface area (Å²) in [5.41, 5.74) is 1.21. The van der Waals surface area contributed by atoms with Crippen molar-refractivity contribution in [3.05, 3.63) is 10.6 Å². The maximum Gasteiger partial charge on any atom is 0.186 e. The van der Waals surface area contributed by atoms with Crippen LogP contribution in [0.5, 0.6) is 0 Å². The molecule has 1 aromatic heterocycles. The molecule has 100 valence electrons. The van der Waals surface area contributed by atoms with Crippen LogP contribution in [0.25, 0.3) is 0 Å². The number of thiazole rings is 1. The average Bonchev–Trinajstić information content (AvgIpc) is 3.15. The molecule has 0 spiro atoms. The van der Waals surface area contributed by atoms with Crippen LogP contribution in [0.2, 0.25) is 0 Å². The minimum absolute atomic E-state index is 0.670. The van der Waals surface area contributed by atoms with Crippen molar-refractivity contribution >= 4 is 16.5 Å². The lowest BCUT2D eigenvalue weighted by Gasteiger charge is -2.30. The first-order valence-corrected chi connectivity index (χ1v) is 8.00. The molecule has 1 saturated heterocycles. The highest BCUT2D eigenvalue weighted by Crippen LogP contribution is 2.35. The summed E-state index contributed by atoms with van der Waals surface area (Å²) in [6, 6.07) is 1.43. The van der Waals surface area contributed by atoms with Crippen LogP contribution in [0.3, 0.4) is 0 Å². The van der Waals surface area contributed by atoms with E-state index in [1.807, 2.05) is 11.3 Å². The van der Waals surface area contributed by atoms with Crippen LogP contribution in [-0.4, -0.2) is 30.2 Å². The van der Waals surface area contributed by atoms with E-state index >= 15 is 0 Å². The van der Waals surface area contributed by atoms with Crippen molar-refractivity contribution < 1.29 is 0 Å². The van der Waals surface area contributed by atoms with Gasteiger partial charge in [-0.25, -0.2) is 4.98 Å². The second-order valence-corrected chi connectivity index (χ2v) is 6.85. The summed E-state index contributed by atoms with van der Waals surface area (Å²) in [5.74, 6) is 0. The monoisotopic (exact) mass is 265 g/mol. The van der Waals surface area contributed by atoms with Crippen molar-refractivity contribution in [2.75, 3.05) is 18.0 Å². The van der Waals surface area contributed by atoms with E-state index in [0.29, 0.717) is 6.04 Å². The summed E-state index contributed by atoms with van der Waals surface area (Å²) in [6.45, 7) is 6.65. The quantitative estimate of drug-likeness (QED) is 0.907. The smallest absolute Gasteiger partial charge is 0.186 e. The molecular formula is C14H23N3S. The van der Waals surface area contributed by atoms with Gasteiger partial charge in [-0.2, -0.15) is 0 Å². The van der Waals surface area contributed by atoms with Crippen molar-refractivity contribution in [2.45, 2.75) is 58.0 Å². The van der Waals surface area contributed by atoms with E-state index in [0.717, 1.165) is 12.6 Å². The minimum Gasteiger partial charge on any atom is -0.344 e. The van der Waals surface area contributed by atoms with E-state index in [1.165, 1.54) is 54.4 Å². The van der Waals surface area contributed by atoms with Gasteiger partial charge in [0.25, 0.3) is 0 Å². The van der Waals surface area contributed by atoms with Crippen LogP contribution in [0.1, 0.15) is 42.7 Å². The Hall–Kier alpha value is -0.610. The first-order chi connectivity index (χ1) is 8.74. The third-order valence-corrected chi connectivity index (χ3v) is 5.19. The van der Waals surface area contributed by atoms with Crippen LogP contribution in [0, 0.1) is 13.8 Å². The highest BCUT2D eigenvalue weighted by atomic mass is 32.1. The number of rotatable bonds is 4. The number of anilines is 1. The molecule has 1 N–H and O–H groups in total. The number of nitrogens with zero attached hydrogens (tertiary/aromatic N) is 2. The zero-order chi connectivity index (χ0) is 12.5. The minimum atomic E-state index is 0.670. The molecule has 3 rings (SSSR count). The lowest BCUT2D eigenvalue weighted by molar-refractivity contribution is 0.398. The number of piperidine rings is 1. The van der Waals surface area contributed by atoms with Crippen LogP contribution >= 0.6 is 11.3 Å². The fraction of sp³-hybridized carbons (Fsp3) is 0.786. The van der Waals surface area contributed by atoms with Crippen molar-refractivity contribution in [2.24, 2.45) is 0 Å². The van der Waals surface area contributed by atoms with Gasteiger partial charge in [-0.05, 0) is 46.1 Å². The number of aryl methyl sites for hydroxylation is 2. The Balaban J connectivity index is 1.71. The van der Waals surface area contributed by atoms with E-state index < -0.39 is 0 Å². The zero-order valence-corrected chi connectivity index (χ0v) is 12.2. The summed E-state index contributed by atoms with van der Waals surface area (Å²) in [4.78, 5) is 8.68. The van der Waals surface area contributed by atoms with Gasteiger partial charge in [-0.3, -0.25) is 0 Å². The standard InChI is InChI=1S/C14H23N3S/c1-10-11(2)18-14(16-10)17(13-6-7-13)9-12-5-3-4-8-15-12/h12-13,15H,3-9H2,1-2H3. The molecule has 1 unspecified atom stereocenters. The van der Waals surface area contributed by atoms with Crippen molar-refractivity contribution in [3.63, 3.8) is 0 Å². The maximum atomic E-state index is 4.75. The van der Waals surface area contributed by atoms with Gasteiger partial charge in [0.2, 0.25) is 0 Å². The van der Waals surface area contributed by atoms with Crippen molar-refractivity contribution in [1.29, 1.82) is 0 Å². The lowest BCUT2D eigenvalue weighted by atomic mass is 10.0. The molecule has 4 heteroatoms. The Labute approximate surface area is 114 Å². The molecule has 2 fully saturated rings. The first kappa shape index (κ1) is 12.4. The summed E-state index contributed by atoms with van der Waals surface area (Å²) in [5, 5.41) is 4.91. The summed E-state index contributed by atoms with van der Waals surface area (Å²) in [6.07, 6.45) is 6.75. The molecule has 1 atom stereocenters. The molecular weight excluding hydrogens is 242 g/mol. The molecule has 1 aliphatic carbocycles. The number of hydrogen-bond acceptors (Lipinski definition) is 4. The number of hydrogen-bond donors (Lipinski definition) is 1. The highest BCUT2D eigenvalue weighted by molar-refractivity contribution is 7.15. The maximum absolute atomic E-state index is 4.75. The van der Waals surface area contributed by atoms with Crippen LogP contribution in [0.4, 0.5) is 5.13 Å². The zero-order valence-electron chi connectivity index (χ0n) is 11.4. The van der Waals surface area contributed by atoms with E-state index in [-0.39, 0.29) is 0 Å². The second-order valence-electron chi connectivity index (χ2n) is 5.67. The number of aromatic nitrogens is 1. The largest absolute Gasteiger partial charge is 0.344 e. The third kappa shape index (κ3) is 2.69. The van der Waals surface area contributed by atoms with Crippen molar-refractivity contribution in [1.82, 2.24) is 10.3 Å². The van der Waals surface area contributed by atoms with E-state index in [1.54, 1.807) is 0 Å². The lowest BCUT2D eigenvalue weighted by Crippen LogP contribution is -2.44. The van der Waals surface area contributed by atoms with E-state index in [2.05, 4.69) is 24.1 Å². The normalized spacial score (nSPS) is 24.2. The topological polar surface area (TPSA) is 28.2 Å². The SMILES string of the molecule is Cc1nc(N(CC2CCCCN2)C2CC2)sc1C. The average molecular weight is 265 g/mol. The van der Waals surface area contributed by atoms with Gasteiger partial charge in [-0.15, -0.1) is 11.3 Å². The molecule has 0 amide bonds.